The van der Waals surface area contributed by atoms with E-state index in [2.05, 4.69) is 20.8 Å². The van der Waals surface area contributed by atoms with Gasteiger partial charge in [-0.3, -0.25) is 19.6 Å². The van der Waals surface area contributed by atoms with Gasteiger partial charge in [0, 0.05) is 25.4 Å². The number of terminal acetylenes is 1. The zero-order chi connectivity index (χ0) is 25.5. The summed E-state index contributed by atoms with van der Waals surface area (Å²) in [6.45, 7) is 2.35. The molecular formula is C25H24F3N5O2S. The molecule has 0 unspecified atom stereocenters. The van der Waals surface area contributed by atoms with Crippen molar-refractivity contribution in [3.05, 3.63) is 42.4 Å². The molecule has 2 aromatic heterocycles. The van der Waals surface area contributed by atoms with E-state index in [9.17, 15) is 18.0 Å². The fourth-order valence-corrected chi connectivity index (χ4v) is 5.44. The lowest BCUT2D eigenvalue weighted by Crippen LogP contribution is -2.55. The van der Waals surface area contributed by atoms with E-state index in [0.29, 0.717) is 31.0 Å². The summed E-state index contributed by atoms with van der Waals surface area (Å²) in [5.74, 6) is 2.77. The second kappa shape index (κ2) is 9.33. The van der Waals surface area contributed by atoms with Gasteiger partial charge in [-0.1, -0.05) is 5.92 Å². The van der Waals surface area contributed by atoms with E-state index in [-0.39, 0.29) is 22.8 Å². The minimum absolute atomic E-state index is 0.00214. The molecule has 0 atom stereocenters. The number of pyridine rings is 2. The van der Waals surface area contributed by atoms with Gasteiger partial charge >= 0.3 is 6.18 Å². The molecule has 11 heteroatoms. The number of carbonyl (C=O) groups excluding carboxylic acids is 1. The summed E-state index contributed by atoms with van der Waals surface area (Å²) in [7, 11) is 0. The van der Waals surface area contributed by atoms with Crippen molar-refractivity contribution in [2.24, 2.45) is 0 Å². The number of ether oxygens (including phenoxy) is 1. The minimum Gasteiger partial charge on any atom is -0.474 e. The zero-order valence-corrected chi connectivity index (χ0v) is 20.2. The van der Waals surface area contributed by atoms with Crippen LogP contribution in [0.2, 0.25) is 0 Å². The number of likely N-dealkylation sites (tertiary alicyclic amines) is 1. The summed E-state index contributed by atoms with van der Waals surface area (Å²) in [5.41, 5.74) is -1.28. The Bertz CT molecular complexity index is 1200. The van der Waals surface area contributed by atoms with Crippen molar-refractivity contribution in [1.82, 2.24) is 14.9 Å². The van der Waals surface area contributed by atoms with Crippen molar-refractivity contribution < 1.29 is 22.7 Å². The molecule has 0 N–H and O–H groups in total. The molecule has 1 amide bonds. The monoisotopic (exact) mass is 515 g/mol. The fourth-order valence-electron chi connectivity index (χ4n) is 4.97. The highest BCUT2D eigenvalue weighted by atomic mass is 32.1. The first-order valence-corrected chi connectivity index (χ1v) is 12.1. The van der Waals surface area contributed by atoms with Crippen LogP contribution in [0.15, 0.2) is 36.8 Å². The van der Waals surface area contributed by atoms with Gasteiger partial charge < -0.3 is 9.64 Å². The first kappa shape index (κ1) is 24.5. The number of anilines is 2. The van der Waals surface area contributed by atoms with Crippen LogP contribution in [0.4, 0.5) is 24.5 Å². The minimum atomic E-state index is -4.58. The Kier molecular flexibility index (Phi) is 6.34. The lowest BCUT2D eigenvalue weighted by molar-refractivity contribution is -0.137. The van der Waals surface area contributed by atoms with Crippen LogP contribution in [0.5, 0.6) is 5.88 Å². The van der Waals surface area contributed by atoms with Crippen molar-refractivity contribution in [3.8, 4) is 18.2 Å². The van der Waals surface area contributed by atoms with E-state index < -0.39 is 17.3 Å². The molecule has 7 nitrogen and oxygen atoms in total. The molecule has 1 saturated carbocycles. The molecule has 0 bridgehead atoms. The number of thiocarbonyl (C=S) groups is 1. The van der Waals surface area contributed by atoms with Crippen molar-refractivity contribution >= 4 is 34.6 Å². The summed E-state index contributed by atoms with van der Waals surface area (Å²) in [4.78, 5) is 26.7. The van der Waals surface area contributed by atoms with E-state index in [0.717, 1.165) is 49.5 Å². The first-order chi connectivity index (χ1) is 17.2. The Balaban J connectivity index is 1.35. The van der Waals surface area contributed by atoms with E-state index >= 15 is 0 Å². The smallest absolute Gasteiger partial charge is 0.417 e. The highest BCUT2D eigenvalue weighted by molar-refractivity contribution is 7.81. The number of amides is 1. The Hall–Kier alpha value is -3.23. The SMILES string of the molecule is C#CCN1CCC(Oc2ccc(N3C(=S)N(c4cncc(C(F)(F)F)c4)C(=O)C34CCC4)cn2)CC1. The number of alkyl halides is 3. The molecule has 2 aliphatic heterocycles. The van der Waals surface area contributed by atoms with Crippen molar-refractivity contribution in [1.29, 1.82) is 0 Å². The molecule has 0 radical (unpaired) electrons. The molecule has 5 rings (SSSR count). The van der Waals surface area contributed by atoms with Gasteiger partial charge in [0.05, 0.1) is 35.9 Å². The lowest BCUT2D eigenvalue weighted by Gasteiger charge is -2.42. The lowest BCUT2D eigenvalue weighted by atomic mass is 9.75. The van der Waals surface area contributed by atoms with Crippen LogP contribution in [0, 0.1) is 12.3 Å². The number of nitrogens with zero attached hydrogens (tertiary/aromatic N) is 5. The largest absolute Gasteiger partial charge is 0.474 e. The number of piperidine rings is 1. The first-order valence-electron chi connectivity index (χ1n) is 11.7. The molecule has 1 aliphatic carbocycles. The number of hydrogen-bond donors (Lipinski definition) is 0. The Morgan fingerprint density at radius 3 is 2.50 bits per heavy atom. The van der Waals surface area contributed by atoms with Crippen LogP contribution < -0.4 is 14.5 Å². The third-order valence-corrected chi connectivity index (χ3v) is 7.38. The summed E-state index contributed by atoms with van der Waals surface area (Å²) in [5, 5.41) is 0.108. The number of halogens is 3. The average Bonchev–Trinajstić information content (AvgIpc) is 3.07. The summed E-state index contributed by atoms with van der Waals surface area (Å²) >= 11 is 5.63. The van der Waals surface area contributed by atoms with Gasteiger partial charge in [0.2, 0.25) is 5.88 Å². The number of hydrogen-bond acceptors (Lipinski definition) is 6. The van der Waals surface area contributed by atoms with Gasteiger partial charge in [-0.2, -0.15) is 13.2 Å². The molecule has 2 saturated heterocycles. The normalized spacial score (nSPS) is 20.5. The standard InChI is InChI=1S/C25H24F3N5O2S/c1-2-10-31-11-6-20(7-12-31)35-21-5-4-18(16-30-21)33-23(36)32(22(34)24(33)8-3-9-24)19-13-17(14-29-15-19)25(26,27)28/h1,4-5,13-16,20H,3,6-12H2. The van der Waals surface area contributed by atoms with Crippen molar-refractivity contribution in [2.75, 3.05) is 29.4 Å². The van der Waals surface area contributed by atoms with Gasteiger partial charge in [-0.25, -0.2) is 4.98 Å². The van der Waals surface area contributed by atoms with Gasteiger partial charge in [0.15, 0.2) is 5.11 Å². The van der Waals surface area contributed by atoms with Gasteiger partial charge in [0.1, 0.15) is 11.6 Å². The van der Waals surface area contributed by atoms with Crippen molar-refractivity contribution in [2.45, 2.75) is 49.9 Å². The third-order valence-electron chi connectivity index (χ3n) is 7.02. The fraction of sp³-hybridized carbons (Fsp3) is 0.440. The zero-order valence-electron chi connectivity index (χ0n) is 19.4. The summed E-state index contributed by atoms with van der Waals surface area (Å²) in [6.07, 6.45) is 7.97. The molecule has 1 spiro atoms. The van der Waals surface area contributed by atoms with Crippen LogP contribution in [0.1, 0.15) is 37.7 Å². The van der Waals surface area contributed by atoms with E-state index in [4.69, 9.17) is 23.4 Å². The average molecular weight is 516 g/mol. The van der Waals surface area contributed by atoms with Gasteiger partial charge in [-0.05, 0) is 56.5 Å². The van der Waals surface area contributed by atoms with Crippen LogP contribution in [-0.2, 0) is 11.0 Å². The Morgan fingerprint density at radius 1 is 1.17 bits per heavy atom. The summed E-state index contributed by atoms with van der Waals surface area (Å²) in [6, 6.07) is 4.41. The van der Waals surface area contributed by atoms with Crippen molar-refractivity contribution in [3.63, 3.8) is 0 Å². The van der Waals surface area contributed by atoms with Gasteiger partial charge in [-0.15, -0.1) is 6.42 Å². The maximum absolute atomic E-state index is 13.5. The Morgan fingerprint density at radius 2 is 1.92 bits per heavy atom. The second-order valence-corrected chi connectivity index (χ2v) is 9.59. The second-order valence-electron chi connectivity index (χ2n) is 9.23. The van der Waals surface area contributed by atoms with Gasteiger partial charge in [0.25, 0.3) is 5.91 Å². The van der Waals surface area contributed by atoms with E-state index in [1.165, 1.54) is 6.20 Å². The molecular weight excluding hydrogens is 491 g/mol. The molecule has 4 heterocycles. The highest BCUT2D eigenvalue weighted by Gasteiger charge is 2.59. The van der Waals surface area contributed by atoms with Crippen LogP contribution >= 0.6 is 12.2 Å². The Labute approximate surface area is 212 Å². The predicted octanol–water partition coefficient (Wildman–Crippen LogP) is 4.03. The summed E-state index contributed by atoms with van der Waals surface area (Å²) < 4.78 is 45.8. The molecule has 3 aliphatic rings. The topological polar surface area (TPSA) is 61.8 Å². The molecule has 3 fully saturated rings. The van der Waals surface area contributed by atoms with Crippen LogP contribution in [0.25, 0.3) is 0 Å². The predicted molar refractivity (Wildman–Crippen MR) is 132 cm³/mol. The molecule has 36 heavy (non-hydrogen) atoms. The molecule has 188 valence electrons. The van der Waals surface area contributed by atoms with E-state index in [1.807, 2.05) is 0 Å². The highest BCUT2D eigenvalue weighted by Crippen LogP contribution is 2.48. The van der Waals surface area contributed by atoms with E-state index in [1.54, 1.807) is 23.2 Å². The van der Waals surface area contributed by atoms with Crippen LogP contribution in [0.3, 0.4) is 0 Å². The molecule has 2 aromatic rings. The molecule has 0 aromatic carbocycles. The maximum atomic E-state index is 13.5. The third kappa shape index (κ3) is 4.29. The number of carbonyl (C=O) groups is 1. The number of rotatable bonds is 5. The maximum Gasteiger partial charge on any atom is 0.417 e. The quantitative estimate of drug-likeness (QED) is 0.440. The number of aromatic nitrogens is 2. The van der Waals surface area contributed by atoms with Crippen LogP contribution in [-0.4, -0.2) is 57.2 Å².